The maximum absolute atomic E-state index is 11.8. The van der Waals surface area contributed by atoms with Crippen LogP contribution in [-0.2, 0) is 11.2 Å². The molecule has 0 aliphatic heterocycles. The Morgan fingerprint density at radius 2 is 1.90 bits per heavy atom. The second kappa shape index (κ2) is 16.6. The Hall–Kier alpha value is -2.04. The van der Waals surface area contributed by atoms with Crippen LogP contribution in [-0.4, -0.2) is 57.3 Å². The topological polar surface area (TPSA) is 104 Å². The summed E-state index contributed by atoms with van der Waals surface area (Å²) in [6.45, 7) is 10.2. The number of alkyl carbamates (subject to hydrolysis) is 1. The fourth-order valence-electron chi connectivity index (χ4n) is 2.97. The van der Waals surface area contributed by atoms with Crippen LogP contribution in [0.5, 0.6) is 0 Å². The zero-order valence-corrected chi connectivity index (χ0v) is 21.6. The first-order chi connectivity index (χ1) is 14.4. The molecule has 31 heavy (non-hydrogen) atoms. The van der Waals surface area contributed by atoms with Crippen LogP contribution < -0.4 is 21.3 Å². The molecule has 0 heterocycles. The summed E-state index contributed by atoms with van der Waals surface area (Å²) in [6, 6.07) is 7.49. The van der Waals surface area contributed by atoms with E-state index in [0.29, 0.717) is 37.1 Å². The summed E-state index contributed by atoms with van der Waals surface area (Å²) < 4.78 is 5.00. The summed E-state index contributed by atoms with van der Waals surface area (Å²) in [4.78, 5) is 28.2. The summed E-state index contributed by atoms with van der Waals surface area (Å²) in [6.07, 6.45) is 1.16. The van der Waals surface area contributed by atoms with Gasteiger partial charge in [-0.3, -0.25) is 9.79 Å². The molecule has 0 radical (unpaired) electrons. The van der Waals surface area contributed by atoms with Crippen molar-refractivity contribution in [1.29, 1.82) is 0 Å². The lowest BCUT2D eigenvalue weighted by atomic mass is 10.0. The number of amides is 2. The molecule has 0 fully saturated rings. The number of halogens is 1. The van der Waals surface area contributed by atoms with Gasteiger partial charge in [-0.2, -0.15) is 0 Å². The third kappa shape index (κ3) is 12.4. The van der Waals surface area contributed by atoms with Crippen LogP contribution in [0.25, 0.3) is 0 Å². The lowest BCUT2D eigenvalue weighted by molar-refractivity contribution is 0.0963. The van der Waals surface area contributed by atoms with Crippen molar-refractivity contribution in [3.63, 3.8) is 0 Å². The van der Waals surface area contributed by atoms with Crippen molar-refractivity contribution in [2.75, 3.05) is 33.3 Å². The van der Waals surface area contributed by atoms with E-state index in [1.807, 2.05) is 25.1 Å². The van der Waals surface area contributed by atoms with Gasteiger partial charge in [0.25, 0.3) is 5.91 Å². The normalized spacial score (nSPS) is 11.9. The summed E-state index contributed by atoms with van der Waals surface area (Å²) >= 11 is 0. The minimum atomic E-state index is -0.410. The molecule has 1 aromatic carbocycles. The highest BCUT2D eigenvalue weighted by Crippen LogP contribution is 2.07. The highest BCUT2D eigenvalue weighted by atomic mass is 127. The number of aliphatic imine (C=N–C) groups is 1. The highest BCUT2D eigenvalue weighted by molar-refractivity contribution is 14.0. The Labute approximate surface area is 203 Å². The maximum Gasteiger partial charge on any atom is 0.407 e. The van der Waals surface area contributed by atoms with Gasteiger partial charge in [0.05, 0.1) is 19.2 Å². The third-order valence-electron chi connectivity index (χ3n) is 4.29. The van der Waals surface area contributed by atoms with Gasteiger partial charge in [0.2, 0.25) is 0 Å². The minimum Gasteiger partial charge on any atom is -0.450 e. The van der Waals surface area contributed by atoms with Crippen LogP contribution in [0.1, 0.15) is 50.0 Å². The number of hydrogen-bond acceptors (Lipinski definition) is 4. The molecular weight excluding hydrogens is 509 g/mol. The zero-order valence-electron chi connectivity index (χ0n) is 19.3. The Morgan fingerprint density at radius 1 is 1.16 bits per heavy atom. The number of rotatable bonds is 11. The molecule has 0 saturated heterocycles. The van der Waals surface area contributed by atoms with Crippen molar-refractivity contribution in [1.82, 2.24) is 21.3 Å². The Kier molecular flexibility index (Phi) is 15.5. The molecule has 1 unspecified atom stereocenters. The lowest BCUT2D eigenvalue weighted by Gasteiger charge is -2.19. The molecule has 0 aliphatic rings. The number of guanidine groups is 1. The van der Waals surface area contributed by atoms with E-state index >= 15 is 0 Å². The summed E-state index contributed by atoms with van der Waals surface area (Å²) in [5, 5.41) is 12.1. The van der Waals surface area contributed by atoms with E-state index in [9.17, 15) is 9.59 Å². The van der Waals surface area contributed by atoms with Gasteiger partial charge in [-0.15, -0.1) is 24.0 Å². The van der Waals surface area contributed by atoms with Gasteiger partial charge in [0.1, 0.15) is 0 Å². The second-order valence-corrected chi connectivity index (χ2v) is 7.37. The summed E-state index contributed by atoms with van der Waals surface area (Å²) in [5.74, 6) is 1.03. The molecule has 9 heteroatoms. The van der Waals surface area contributed by atoms with E-state index < -0.39 is 6.09 Å². The SMILES string of the molecule is CCNC(=NCC(CC(C)C)NC(=O)OCC)NCCc1cccc(C(=O)NC)c1.I. The standard InChI is InChI=1S/C22H37N5O3.HI/c1-6-24-21(26-15-19(13-16(3)4)27-22(29)30-7-2)25-12-11-17-9-8-10-18(14-17)20(28)23-5;/h8-10,14,16,19H,6-7,11-13,15H2,1-5H3,(H,23,28)(H,27,29)(H2,24,25,26);1H. The fourth-order valence-corrected chi connectivity index (χ4v) is 2.97. The quantitative estimate of drug-likeness (QED) is 0.194. The Bertz CT molecular complexity index is 697. The van der Waals surface area contributed by atoms with Crippen molar-refractivity contribution in [2.45, 2.75) is 46.6 Å². The number of hydrogen-bond donors (Lipinski definition) is 4. The van der Waals surface area contributed by atoms with Crippen LogP contribution in [0.4, 0.5) is 4.79 Å². The fraction of sp³-hybridized carbons (Fsp3) is 0.591. The molecule has 0 bridgehead atoms. The number of nitrogens with one attached hydrogen (secondary N) is 4. The smallest absolute Gasteiger partial charge is 0.407 e. The lowest BCUT2D eigenvalue weighted by Crippen LogP contribution is -2.42. The van der Waals surface area contributed by atoms with Crippen molar-refractivity contribution >= 4 is 41.9 Å². The molecule has 1 rings (SSSR count). The summed E-state index contributed by atoms with van der Waals surface area (Å²) in [7, 11) is 1.62. The van der Waals surface area contributed by atoms with Crippen LogP contribution in [0.15, 0.2) is 29.3 Å². The zero-order chi connectivity index (χ0) is 22.4. The van der Waals surface area contributed by atoms with Gasteiger partial charge in [0.15, 0.2) is 5.96 Å². The Balaban J connectivity index is 0.00000900. The molecule has 1 atom stereocenters. The molecule has 8 nitrogen and oxygen atoms in total. The van der Waals surface area contributed by atoms with Gasteiger partial charge in [0, 0.05) is 25.7 Å². The predicted molar refractivity (Wildman–Crippen MR) is 136 cm³/mol. The second-order valence-electron chi connectivity index (χ2n) is 7.37. The molecule has 0 spiro atoms. The van der Waals surface area contributed by atoms with Crippen LogP contribution in [0.3, 0.4) is 0 Å². The van der Waals surface area contributed by atoms with Gasteiger partial charge < -0.3 is 26.0 Å². The largest absolute Gasteiger partial charge is 0.450 e. The molecule has 0 aromatic heterocycles. The van der Waals surface area contributed by atoms with Crippen molar-refractivity contribution in [3.05, 3.63) is 35.4 Å². The van der Waals surface area contributed by atoms with E-state index in [1.54, 1.807) is 20.0 Å². The number of carbonyl (C=O) groups is 2. The van der Waals surface area contributed by atoms with Gasteiger partial charge in [-0.25, -0.2) is 4.79 Å². The predicted octanol–water partition coefficient (Wildman–Crippen LogP) is 2.92. The van der Waals surface area contributed by atoms with E-state index in [-0.39, 0.29) is 35.9 Å². The van der Waals surface area contributed by atoms with Crippen molar-refractivity contribution in [3.8, 4) is 0 Å². The minimum absolute atomic E-state index is 0. The number of ether oxygens (including phenoxy) is 1. The number of carbonyl (C=O) groups excluding carboxylic acids is 2. The van der Waals surface area contributed by atoms with E-state index in [4.69, 9.17) is 4.74 Å². The average molecular weight is 547 g/mol. The number of benzene rings is 1. The molecule has 1 aromatic rings. The van der Waals surface area contributed by atoms with Crippen LogP contribution >= 0.6 is 24.0 Å². The number of nitrogens with zero attached hydrogens (tertiary/aromatic N) is 1. The third-order valence-corrected chi connectivity index (χ3v) is 4.29. The average Bonchev–Trinajstić information content (AvgIpc) is 2.71. The van der Waals surface area contributed by atoms with E-state index in [2.05, 4.69) is 40.1 Å². The molecule has 0 aliphatic carbocycles. The molecule has 176 valence electrons. The highest BCUT2D eigenvalue weighted by Gasteiger charge is 2.14. The maximum atomic E-state index is 11.8. The van der Waals surface area contributed by atoms with Gasteiger partial charge in [-0.05, 0) is 50.3 Å². The van der Waals surface area contributed by atoms with Crippen molar-refractivity contribution < 1.29 is 14.3 Å². The Morgan fingerprint density at radius 3 is 2.52 bits per heavy atom. The molecule has 4 N–H and O–H groups in total. The first kappa shape index (κ1) is 29.0. The molecule has 2 amide bonds. The molecule has 0 saturated carbocycles. The summed E-state index contributed by atoms with van der Waals surface area (Å²) in [5.41, 5.74) is 1.72. The van der Waals surface area contributed by atoms with Crippen molar-refractivity contribution in [2.24, 2.45) is 10.9 Å². The van der Waals surface area contributed by atoms with Gasteiger partial charge >= 0.3 is 6.09 Å². The first-order valence-electron chi connectivity index (χ1n) is 10.7. The molecular formula is C22H38IN5O3. The monoisotopic (exact) mass is 547 g/mol. The van der Waals surface area contributed by atoms with E-state index in [0.717, 1.165) is 24.9 Å². The van der Waals surface area contributed by atoms with Gasteiger partial charge in [-0.1, -0.05) is 26.0 Å². The van der Waals surface area contributed by atoms with E-state index in [1.165, 1.54) is 0 Å². The first-order valence-corrected chi connectivity index (χ1v) is 10.7. The van der Waals surface area contributed by atoms with Crippen LogP contribution in [0.2, 0.25) is 0 Å². The van der Waals surface area contributed by atoms with Crippen LogP contribution in [0, 0.1) is 5.92 Å².